The molecule has 0 radical (unpaired) electrons. The van der Waals surface area contributed by atoms with Crippen LogP contribution in [0.15, 0.2) is 18.3 Å². The number of aromatic nitrogens is 1. The lowest BCUT2D eigenvalue weighted by Gasteiger charge is -2.13. The van der Waals surface area contributed by atoms with Crippen molar-refractivity contribution in [1.29, 1.82) is 0 Å². The summed E-state index contributed by atoms with van der Waals surface area (Å²) in [5.74, 6) is -0.692. The highest BCUT2D eigenvalue weighted by Gasteiger charge is 2.21. The van der Waals surface area contributed by atoms with E-state index in [1.54, 1.807) is 18.3 Å². The fraction of sp³-hybridized carbons (Fsp3) is 0.455. The Labute approximate surface area is 99.2 Å². The van der Waals surface area contributed by atoms with Crippen LogP contribution in [-0.4, -0.2) is 47.4 Å². The molecule has 92 valence electrons. The highest BCUT2D eigenvalue weighted by atomic mass is 16.2. The van der Waals surface area contributed by atoms with Crippen LogP contribution in [0.3, 0.4) is 0 Å². The van der Waals surface area contributed by atoms with Gasteiger partial charge in [0.2, 0.25) is 5.91 Å². The summed E-state index contributed by atoms with van der Waals surface area (Å²) in [5, 5.41) is 2.33. The molecule has 6 heteroatoms. The molecule has 1 atom stereocenters. The minimum atomic E-state index is -0.400. The Morgan fingerprint density at radius 2 is 2.41 bits per heavy atom. The summed E-state index contributed by atoms with van der Waals surface area (Å²) in [6.07, 6.45) is 2.54. The van der Waals surface area contributed by atoms with E-state index < -0.39 is 5.91 Å². The van der Waals surface area contributed by atoms with Crippen LogP contribution in [0.4, 0.5) is 0 Å². The van der Waals surface area contributed by atoms with Crippen molar-refractivity contribution < 1.29 is 9.59 Å². The average molecular weight is 236 g/mol. The number of hydrogen-bond donors (Lipinski definition) is 3. The predicted molar refractivity (Wildman–Crippen MR) is 62.3 cm³/mol. The van der Waals surface area contributed by atoms with Crippen molar-refractivity contribution >= 4 is 11.8 Å². The molecule has 0 saturated carbocycles. The number of carbonyl (C=O) groups excluding carboxylic acids is 2. The largest absolute Gasteiger partial charge is 0.357 e. The maximum Gasteiger partial charge on any atom is 0.274 e. The lowest BCUT2D eigenvalue weighted by Crippen LogP contribution is -2.40. The van der Waals surface area contributed by atoms with Gasteiger partial charge in [-0.1, -0.05) is 0 Å². The van der Waals surface area contributed by atoms with E-state index in [1.165, 1.54) is 0 Å². The van der Waals surface area contributed by atoms with Crippen molar-refractivity contribution in [2.24, 2.45) is 5.73 Å². The van der Waals surface area contributed by atoms with E-state index in [0.29, 0.717) is 12.2 Å². The van der Waals surface area contributed by atoms with Gasteiger partial charge in [0.05, 0.1) is 6.54 Å². The van der Waals surface area contributed by atoms with Crippen LogP contribution >= 0.6 is 0 Å². The number of nitrogens with one attached hydrogen (secondary N) is 2. The molecule has 6 nitrogen and oxygen atoms in total. The van der Waals surface area contributed by atoms with Crippen LogP contribution in [0.1, 0.15) is 16.9 Å². The summed E-state index contributed by atoms with van der Waals surface area (Å²) in [6, 6.07) is 3.47. The third-order valence-electron chi connectivity index (χ3n) is 2.77. The third-order valence-corrected chi connectivity index (χ3v) is 2.77. The van der Waals surface area contributed by atoms with Crippen molar-refractivity contribution in [2.45, 2.75) is 12.5 Å². The van der Waals surface area contributed by atoms with Crippen LogP contribution in [0, 0.1) is 0 Å². The van der Waals surface area contributed by atoms with Gasteiger partial charge in [0, 0.05) is 25.3 Å². The normalized spacial score (nSPS) is 20.4. The minimum absolute atomic E-state index is 0.141. The molecule has 1 aromatic heterocycles. The zero-order chi connectivity index (χ0) is 12.3. The van der Waals surface area contributed by atoms with Gasteiger partial charge in [-0.15, -0.1) is 0 Å². The molecule has 17 heavy (non-hydrogen) atoms. The summed E-state index contributed by atoms with van der Waals surface area (Å²) >= 11 is 0. The summed E-state index contributed by atoms with van der Waals surface area (Å²) in [6.45, 7) is 1.75. The van der Waals surface area contributed by atoms with Gasteiger partial charge in [0.25, 0.3) is 5.91 Å². The van der Waals surface area contributed by atoms with Gasteiger partial charge in [-0.25, -0.2) is 0 Å². The Bertz CT molecular complexity index is 402. The first-order chi connectivity index (χ1) is 8.15. The summed E-state index contributed by atoms with van der Waals surface area (Å²) in [5.41, 5.74) is 6.12. The van der Waals surface area contributed by atoms with Gasteiger partial charge in [0.15, 0.2) is 0 Å². The second kappa shape index (κ2) is 5.11. The molecule has 0 unspecified atom stereocenters. The van der Waals surface area contributed by atoms with Crippen LogP contribution in [0.25, 0.3) is 0 Å². The van der Waals surface area contributed by atoms with Crippen LogP contribution in [0.5, 0.6) is 0 Å². The molecule has 1 aromatic rings. The molecule has 4 N–H and O–H groups in total. The van der Waals surface area contributed by atoms with Gasteiger partial charge >= 0.3 is 0 Å². The number of H-pyrrole nitrogens is 1. The number of nitrogens with two attached hydrogens (primary N) is 1. The number of carbonyl (C=O) groups is 2. The molecule has 1 fully saturated rings. The highest BCUT2D eigenvalue weighted by Crippen LogP contribution is 2.05. The van der Waals surface area contributed by atoms with E-state index in [4.69, 9.17) is 5.73 Å². The van der Waals surface area contributed by atoms with Gasteiger partial charge in [-0.05, 0) is 18.6 Å². The maximum atomic E-state index is 11.6. The Hall–Kier alpha value is -1.66. The third kappa shape index (κ3) is 3.15. The monoisotopic (exact) mass is 236 g/mol. The van der Waals surface area contributed by atoms with E-state index in [1.807, 2.05) is 4.90 Å². The van der Waals surface area contributed by atoms with Crippen molar-refractivity contribution in [1.82, 2.24) is 15.2 Å². The van der Waals surface area contributed by atoms with Gasteiger partial charge in [0.1, 0.15) is 5.69 Å². The topological polar surface area (TPSA) is 91.2 Å². The molecule has 0 bridgehead atoms. The fourth-order valence-electron chi connectivity index (χ4n) is 1.91. The van der Waals surface area contributed by atoms with E-state index in [-0.39, 0.29) is 18.5 Å². The Morgan fingerprint density at radius 3 is 3.00 bits per heavy atom. The fourth-order valence-corrected chi connectivity index (χ4v) is 1.91. The van der Waals surface area contributed by atoms with E-state index in [0.717, 1.165) is 13.0 Å². The number of nitrogens with zero attached hydrogens (tertiary/aromatic N) is 1. The van der Waals surface area contributed by atoms with Crippen LogP contribution in [0.2, 0.25) is 0 Å². The van der Waals surface area contributed by atoms with Crippen molar-refractivity contribution in [3.05, 3.63) is 24.0 Å². The molecule has 1 aliphatic rings. The summed E-state index contributed by atoms with van der Waals surface area (Å²) in [7, 11) is 0. The lowest BCUT2D eigenvalue weighted by molar-refractivity contribution is -0.121. The molecule has 0 spiro atoms. The van der Waals surface area contributed by atoms with E-state index in [9.17, 15) is 9.59 Å². The average Bonchev–Trinajstić information content (AvgIpc) is 2.89. The smallest absolute Gasteiger partial charge is 0.274 e. The van der Waals surface area contributed by atoms with Crippen molar-refractivity contribution in [3.8, 4) is 0 Å². The predicted octanol–water partition coefficient (Wildman–Crippen LogP) is -0.696. The Kier molecular flexibility index (Phi) is 3.55. The number of imide groups is 1. The molecule has 1 saturated heterocycles. The summed E-state index contributed by atoms with van der Waals surface area (Å²) < 4.78 is 0. The molecule has 0 aliphatic carbocycles. The molecular formula is C11H16N4O2. The first kappa shape index (κ1) is 11.8. The molecule has 2 rings (SSSR count). The number of rotatable bonds is 3. The lowest BCUT2D eigenvalue weighted by atomic mass is 10.3. The number of amides is 2. The second-order valence-electron chi connectivity index (χ2n) is 4.24. The highest BCUT2D eigenvalue weighted by molar-refractivity contribution is 6.04. The van der Waals surface area contributed by atoms with Gasteiger partial charge in [-0.3, -0.25) is 19.8 Å². The zero-order valence-electron chi connectivity index (χ0n) is 9.48. The first-order valence-electron chi connectivity index (χ1n) is 5.60. The standard InChI is InChI=1S/C11H16N4O2/c12-8-3-5-15(6-8)7-10(16)14-11(17)9-2-1-4-13-9/h1-2,4,8,13H,3,5-7,12H2,(H,14,16,17)/t8-/m0/s1. The maximum absolute atomic E-state index is 11.6. The van der Waals surface area contributed by atoms with E-state index in [2.05, 4.69) is 10.3 Å². The van der Waals surface area contributed by atoms with Crippen LogP contribution < -0.4 is 11.1 Å². The Morgan fingerprint density at radius 1 is 1.59 bits per heavy atom. The van der Waals surface area contributed by atoms with Gasteiger partial charge in [-0.2, -0.15) is 0 Å². The first-order valence-corrected chi connectivity index (χ1v) is 5.60. The summed E-state index contributed by atoms with van der Waals surface area (Å²) in [4.78, 5) is 27.8. The van der Waals surface area contributed by atoms with Gasteiger partial charge < -0.3 is 10.7 Å². The minimum Gasteiger partial charge on any atom is -0.357 e. The van der Waals surface area contributed by atoms with Crippen LogP contribution in [-0.2, 0) is 4.79 Å². The number of aromatic amines is 1. The second-order valence-corrected chi connectivity index (χ2v) is 4.24. The molecular weight excluding hydrogens is 220 g/mol. The van der Waals surface area contributed by atoms with Crippen molar-refractivity contribution in [2.75, 3.05) is 19.6 Å². The molecule has 1 aliphatic heterocycles. The SMILES string of the molecule is N[C@H]1CCN(CC(=O)NC(=O)c2ccc[nH]2)C1. The van der Waals surface area contributed by atoms with Crippen molar-refractivity contribution in [3.63, 3.8) is 0 Å². The van der Waals surface area contributed by atoms with E-state index >= 15 is 0 Å². The quantitative estimate of drug-likeness (QED) is 0.647. The zero-order valence-corrected chi connectivity index (χ0v) is 9.48. The molecule has 2 amide bonds. The molecule has 2 heterocycles. The number of hydrogen-bond acceptors (Lipinski definition) is 4. The number of likely N-dealkylation sites (tertiary alicyclic amines) is 1. The Balaban J connectivity index is 1.79. The molecule has 0 aromatic carbocycles.